The van der Waals surface area contributed by atoms with Gasteiger partial charge in [-0.1, -0.05) is 30.3 Å². The number of halogens is 2. The predicted molar refractivity (Wildman–Crippen MR) is 123 cm³/mol. The van der Waals surface area contributed by atoms with E-state index in [1.165, 1.54) is 23.4 Å². The molecule has 2 heterocycles. The van der Waals surface area contributed by atoms with Gasteiger partial charge in [-0.15, -0.1) is 8.78 Å². The Balaban J connectivity index is 0.00000241. The molecule has 0 unspecified atom stereocenters. The van der Waals surface area contributed by atoms with E-state index in [2.05, 4.69) is 52.0 Å². The highest BCUT2D eigenvalue weighted by Crippen LogP contribution is 2.52. The number of hydrogen-bond donors (Lipinski definition) is 1. The third-order valence-electron chi connectivity index (χ3n) is 7.03. The molecule has 2 aliphatic heterocycles. The van der Waals surface area contributed by atoms with Gasteiger partial charge in [0.1, 0.15) is 5.78 Å². The molecule has 170 valence electrons. The zero-order chi connectivity index (χ0) is 22.8. The van der Waals surface area contributed by atoms with E-state index in [9.17, 15) is 13.6 Å². The second-order valence-electron chi connectivity index (χ2n) is 9.21. The van der Waals surface area contributed by atoms with Gasteiger partial charge in [-0.2, -0.15) is 0 Å². The van der Waals surface area contributed by atoms with Gasteiger partial charge in [0.05, 0.1) is 5.41 Å². The number of Topliss-reactive ketones (excluding diaryl/α,β-unsaturated/α-hetero) is 1. The Bertz CT molecular complexity index is 1300. The van der Waals surface area contributed by atoms with Crippen LogP contribution in [0.2, 0.25) is 0 Å². The van der Waals surface area contributed by atoms with Crippen molar-refractivity contribution in [1.82, 2.24) is 0 Å². The van der Waals surface area contributed by atoms with Crippen LogP contribution in [-0.4, -0.2) is 18.6 Å². The maximum absolute atomic E-state index is 13.4. The van der Waals surface area contributed by atoms with Gasteiger partial charge in [-0.3, -0.25) is 4.79 Å². The third kappa shape index (κ3) is 3.45. The fraction of sp³-hybridized carbons (Fsp3) is 0.296. The van der Waals surface area contributed by atoms with E-state index < -0.39 is 11.7 Å². The van der Waals surface area contributed by atoms with Gasteiger partial charge in [-0.25, -0.2) is 0 Å². The van der Waals surface area contributed by atoms with E-state index in [0.717, 1.165) is 35.2 Å². The number of ether oxygens (including phenoxy) is 2. The molecular formula is C27H25F2NO3. The van der Waals surface area contributed by atoms with E-state index in [1.54, 1.807) is 6.07 Å². The summed E-state index contributed by atoms with van der Waals surface area (Å²) in [7, 11) is 0. The van der Waals surface area contributed by atoms with E-state index in [0.29, 0.717) is 24.8 Å². The van der Waals surface area contributed by atoms with Gasteiger partial charge in [0.15, 0.2) is 11.5 Å². The van der Waals surface area contributed by atoms with Crippen LogP contribution in [0.5, 0.6) is 11.5 Å². The highest BCUT2D eigenvalue weighted by molar-refractivity contribution is 5.95. The van der Waals surface area contributed by atoms with Crippen LogP contribution in [-0.2, 0) is 23.1 Å². The zero-order valence-electron chi connectivity index (χ0n) is 18.2. The molecule has 3 aromatic rings. The topological polar surface area (TPSA) is 47.6 Å². The van der Waals surface area contributed by atoms with Crippen molar-refractivity contribution < 1.29 is 24.5 Å². The summed E-state index contributed by atoms with van der Waals surface area (Å²) < 4.78 is 35.9. The Labute approximate surface area is 192 Å². The van der Waals surface area contributed by atoms with Crippen molar-refractivity contribution in [3.63, 3.8) is 0 Å². The summed E-state index contributed by atoms with van der Waals surface area (Å²) >= 11 is 0. The van der Waals surface area contributed by atoms with Crippen LogP contribution in [0.4, 0.5) is 14.5 Å². The SMILES string of the molecule is Cc1ccc(CC(=O)C2(c3ccc4c(c3)OC(F)(F)O4)CC2)cc1-c1ccc2c(c1)CCN2.[HH]. The first-order valence-corrected chi connectivity index (χ1v) is 11.2. The summed E-state index contributed by atoms with van der Waals surface area (Å²) in [6.07, 6.45) is -0.931. The summed E-state index contributed by atoms with van der Waals surface area (Å²) in [5.74, 6) is 0.0844. The van der Waals surface area contributed by atoms with Crippen molar-refractivity contribution in [2.45, 2.75) is 44.3 Å². The molecule has 6 rings (SSSR count). The minimum Gasteiger partial charge on any atom is -0.395 e. The number of anilines is 1. The summed E-state index contributed by atoms with van der Waals surface area (Å²) in [6, 6.07) is 17.3. The molecule has 1 fully saturated rings. The molecule has 1 N–H and O–H groups in total. The molecule has 0 spiro atoms. The fourth-order valence-electron chi connectivity index (χ4n) is 5.02. The number of alkyl halides is 2. The number of hydrogen-bond acceptors (Lipinski definition) is 4. The second kappa shape index (κ2) is 7.04. The lowest BCUT2D eigenvalue weighted by Gasteiger charge is -2.16. The molecule has 0 atom stereocenters. The first kappa shape index (κ1) is 20.2. The first-order chi connectivity index (χ1) is 15.8. The summed E-state index contributed by atoms with van der Waals surface area (Å²) in [6.45, 7) is 3.04. The highest BCUT2D eigenvalue weighted by atomic mass is 19.3. The lowest BCUT2D eigenvalue weighted by atomic mass is 9.86. The van der Waals surface area contributed by atoms with Gasteiger partial charge < -0.3 is 14.8 Å². The summed E-state index contributed by atoms with van der Waals surface area (Å²) in [5, 5.41) is 3.39. The molecule has 0 bridgehead atoms. The maximum atomic E-state index is 13.4. The van der Waals surface area contributed by atoms with Crippen LogP contribution in [0.3, 0.4) is 0 Å². The molecule has 6 heteroatoms. The lowest BCUT2D eigenvalue weighted by molar-refractivity contribution is -0.286. The first-order valence-electron chi connectivity index (χ1n) is 11.2. The Morgan fingerprint density at radius 3 is 2.67 bits per heavy atom. The predicted octanol–water partition coefficient (Wildman–Crippen LogP) is 6.04. The molecule has 3 aromatic carbocycles. The normalized spacial score (nSPS) is 18.5. The van der Waals surface area contributed by atoms with Crippen molar-refractivity contribution in [2.24, 2.45) is 0 Å². The maximum Gasteiger partial charge on any atom is 0.586 e. The van der Waals surface area contributed by atoms with E-state index in [-0.39, 0.29) is 18.7 Å². The van der Waals surface area contributed by atoms with Crippen LogP contribution in [0.25, 0.3) is 11.1 Å². The van der Waals surface area contributed by atoms with Gasteiger partial charge >= 0.3 is 6.29 Å². The Kier molecular flexibility index (Phi) is 4.31. The van der Waals surface area contributed by atoms with Crippen molar-refractivity contribution in [3.8, 4) is 22.6 Å². The van der Waals surface area contributed by atoms with Crippen LogP contribution < -0.4 is 14.8 Å². The Morgan fingerprint density at radius 1 is 1.03 bits per heavy atom. The van der Waals surface area contributed by atoms with Crippen molar-refractivity contribution in [2.75, 3.05) is 11.9 Å². The number of rotatable bonds is 5. The fourth-order valence-corrected chi connectivity index (χ4v) is 5.02. The van der Waals surface area contributed by atoms with Crippen molar-refractivity contribution in [1.29, 1.82) is 0 Å². The minimum absolute atomic E-state index is 0. The smallest absolute Gasteiger partial charge is 0.395 e. The van der Waals surface area contributed by atoms with E-state index >= 15 is 0 Å². The quantitative estimate of drug-likeness (QED) is 0.516. The van der Waals surface area contributed by atoms with Gasteiger partial charge in [-0.05, 0) is 83.8 Å². The Morgan fingerprint density at radius 2 is 1.85 bits per heavy atom. The molecule has 1 aliphatic carbocycles. The average Bonchev–Trinajstić information content (AvgIpc) is 3.35. The number of fused-ring (bicyclic) bond motifs is 2. The van der Waals surface area contributed by atoms with E-state index in [1.807, 2.05) is 6.07 Å². The largest absolute Gasteiger partial charge is 0.586 e. The van der Waals surface area contributed by atoms with Gasteiger partial charge in [0.25, 0.3) is 0 Å². The van der Waals surface area contributed by atoms with Crippen LogP contribution >= 0.6 is 0 Å². The van der Waals surface area contributed by atoms with Gasteiger partial charge in [0, 0.05) is 20.1 Å². The standard InChI is InChI=1S/C27H23F2NO3.H2/c1-16-2-3-17(12-21(16)18-4-6-22-19(14-18)8-11-30-22)13-25(31)26(9-10-26)20-5-7-23-24(15-20)33-27(28,29)32-23;/h2-7,12,14-15,30H,8-11,13H2,1H3;1H. The highest BCUT2D eigenvalue weighted by Gasteiger charge is 2.52. The number of carbonyl (C=O) groups is 1. The van der Waals surface area contributed by atoms with Crippen LogP contribution in [0, 0.1) is 6.92 Å². The molecule has 3 aliphatic rings. The Hall–Kier alpha value is -3.41. The van der Waals surface area contributed by atoms with Crippen molar-refractivity contribution in [3.05, 3.63) is 76.9 Å². The molecule has 1 saturated carbocycles. The number of nitrogens with one attached hydrogen (secondary N) is 1. The third-order valence-corrected chi connectivity index (χ3v) is 7.03. The number of ketones is 1. The molecule has 33 heavy (non-hydrogen) atoms. The molecule has 0 aromatic heterocycles. The molecule has 0 amide bonds. The number of benzene rings is 3. The minimum atomic E-state index is -3.66. The second-order valence-corrected chi connectivity index (χ2v) is 9.21. The van der Waals surface area contributed by atoms with Crippen molar-refractivity contribution >= 4 is 11.5 Å². The van der Waals surface area contributed by atoms with E-state index in [4.69, 9.17) is 0 Å². The molecule has 0 saturated heterocycles. The van der Waals surface area contributed by atoms with Crippen LogP contribution in [0.15, 0.2) is 54.6 Å². The number of carbonyl (C=O) groups excluding carboxylic acids is 1. The van der Waals surface area contributed by atoms with Gasteiger partial charge in [0.2, 0.25) is 0 Å². The summed E-state index contributed by atoms with van der Waals surface area (Å²) in [5.41, 5.74) is 6.99. The monoisotopic (exact) mass is 449 g/mol. The number of aryl methyl sites for hydroxylation is 1. The lowest BCUT2D eigenvalue weighted by Crippen LogP contribution is -2.26. The average molecular weight is 449 g/mol. The molecular weight excluding hydrogens is 424 g/mol. The molecule has 0 radical (unpaired) electrons. The molecule has 4 nitrogen and oxygen atoms in total. The summed E-state index contributed by atoms with van der Waals surface area (Å²) in [4.78, 5) is 13.4. The van der Waals surface area contributed by atoms with Crippen LogP contribution in [0.1, 0.15) is 36.5 Å². The zero-order valence-corrected chi connectivity index (χ0v) is 18.2.